The Morgan fingerprint density at radius 2 is 2.00 bits per heavy atom. The molecule has 1 aromatic rings. The Hall–Kier alpha value is -1.69. The number of alkyl halides is 2. The van der Waals surface area contributed by atoms with Gasteiger partial charge in [0.1, 0.15) is 11.4 Å². The fourth-order valence-corrected chi connectivity index (χ4v) is 2.26. The summed E-state index contributed by atoms with van der Waals surface area (Å²) in [6, 6.07) is 7.15. The number of halogens is 2. The second kappa shape index (κ2) is 5.97. The molecule has 0 heterocycles. The van der Waals surface area contributed by atoms with Crippen molar-refractivity contribution < 1.29 is 23.4 Å². The Kier molecular flexibility index (Phi) is 4.46. The molecule has 0 unspecified atom stereocenters. The maximum absolute atomic E-state index is 13.8. The topological polar surface area (TPSA) is 58.6 Å². The maximum atomic E-state index is 13.8. The van der Waals surface area contributed by atoms with Crippen LogP contribution in [0.4, 0.5) is 8.78 Å². The molecule has 116 valence electrons. The van der Waals surface area contributed by atoms with Gasteiger partial charge in [-0.3, -0.25) is 4.79 Å². The van der Waals surface area contributed by atoms with Crippen molar-refractivity contribution in [3.63, 3.8) is 0 Å². The Morgan fingerprint density at radius 1 is 1.38 bits per heavy atom. The number of benzene rings is 1. The number of ether oxygens (including phenoxy) is 1. The van der Waals surface area contributed by atoms with E-state index in [-0.39, 0.29) is 19.4 Å². The van der Waals surface area contributed by atoms with Crippen LogP contribution in [-0.2, 0) is 11.2 Å². The lowest BCUT2D eigenvalue weighted by atomic mass is 9.75. The van der Waals surface area contributed by atoms with Gasteiger partial charge in [-0.05, 0) is 43.4 Å². The van der Waals surface area contributed by atoms with E-state index < -0.39 is 17.4 Å². The monoisotopic (exact) mass is 299 g/mol. The van der Waals surface area contributed by atoms with E-state index in [9.17, 15) is 18.7 Å². The van der Waals surface area contributed by atoms with E-state index in [0.717, 1.165) is 5.56 Å². The van der Waals surface area contributed by atoms with Gasteiger partial charge in [0.15, 0.2) is 0 Å². The lowest BCUT2D eigenvalue weighted by Gasteiger charge is -2.41. The van der Waals surface area contributed by atoms with Crippen LogP contribution in [0, 0.1) is 0 Å². The summed E-state index contributed by atoms with van der Waals surface area (Å²) in [5.41, 5.74) is -1.27. The normalized spacial score (nSPS) is 17.0. The van der Waals surface area contributed by atoms with Crippen molar-refractivity contribution in [2.24, 2.45) is 0 Å². The molecular formula is C15H19F2NO3. The number of carbonyl (C=O) groups is 1. The average molecular weight is 299 g/mol. The van der Waals surface area contributed by atoms with Crippen molar-refractivity contribution in [3.8, 4) is 5.75 Å². The summed E-state index contributed by atoms with van der Waals surface area (Å²) in [6.45, 7) is 0.0941. The number of rotatable bonds is 6. The third-order valence-electron chi connectivity index (χ3n) is 3.91. The molecule has 6 heteroatoms. The number of nitrogens with one attached hydrogen (secondary N) is 1. The molecule has 1 amide bonds. The Labute approximate surface area is 122 Å². The number of amides is 1. The van der Waals surface area contributed by atoms with Gasteiger partial charge in [-0.15, -0.1) is 0 Å². The van der Waals surface area contributed by atoms with E-state index in [0.29, 0.717) is 18.6 Å². The van der Waals surface area contributed by atoms with Crippen LogP contribution < -0.4 is 10.1 Å². The standard InChI is InChI=1S/C15H19F2NO3/c1-21-12-5-3-11(4-6-12)7-10-18-13(19)15(16,17)14(20)8-2-9-14/h3-6,20H,2,7-10H2,1H3,(H,18,19). The molecule has 1 aromatic carbocycles. The Bertz CT molecular complexity index is 498. The van der Waals surface area contributed by atoms with Crippen LogP contribution >= 0.6 is 0 Å². The highest BCUT2D eigenvalue weighted by Crippen LogP contribution is 2.44. The zero-order valence-corrected chi connectivity index (χ0v) is 11.9. The number of hydrogen-bond acceptors (Lipinski definition) is 3. The van der Waals surface area contributed by atoms with Crippen molar-refractivity contribution in [1.29, 1.82) is 0 Å². The molecule has 0 bridgehead atoms. The lowest BCUT2D eigenvalue weighted by molar-refractivity contribution is -0.215. The summed E-state index contributed by atoms with van der Waals surface area (Å²) < 4.78 is 32.6. The molecule has 21 heavy (non-hydrogen) atoms. The molecular weight excluding hydrogens is 280 g/mol. The van der Waals surface area contributed by atoms with Crippen LogP contribution in [0.25, 0.3) is 0 Å². The second-order valence-electron chi connectivity index (χ2n) is 5.31. The highest BCUT2D eigenvalue weighted by molar-refractivity contribution is 5.85. The minimum Gasteiger partial charge on any atom is -0.497 e. The molecule has 0 spiro atoms. The number of carbonyl (C=O) groups excluding carboxylic acids is 1. The minimum absolute atomic E-state index is 0.0358. The Morgan fingerprint density at radius 3 is 2.48 bits per heavy atom. The highest BCUT2D eigenvalue weighted by atomic mass is 19.3. The molecule has 1 saturated carbocycles. The predicted octanol–water partition coefficient (Wildman–Crippen LogP) is 1.90. The van der Waals surface area contributed by atoms with Gasteiger partial charge in [-0.2, -0.15) is 8.78 Å². The van der Waals surface area contributed by atoms with Crippen LogP contribution in [0.3, 0.4) is 0 Å². The molecule has 2 N–H and O–H groups in total. The fourth-order valence-electron chi connectivity index (χ4n) is 2.26. The molecule has 4 nitrogen and oxygen atoms in total. The van der Waals surface area contributed by atoms with Gasteiger partial charge in [0, 0.05) is 6.54 Å². The van der Waals surface area contributed by atoms with Gasteiger partial charge in [0.2, 0.25) is 0 Å². The Balaban J connectivity index is 1.83. The zero-order chi connectivity index (χ0) is 15.5. The SMILES string of the molecule is COc1ccc(CCNC(=O)C(F)(F)C2(O)CCC2)cc1. The first kappa shape index (κ1) is 15.7. The molecule has 0 radical (unpaired) electrons. The largest absolute Gasteiger partial charge is 0.497 e. The van der Waals surface area contributed by atoms with Crippen LogP contribution in [0.15, 0.2) is 24.3 Å². The minimum atomic E-state index is -3.73. The van der Waals surface area contributed by atoms with E-state index in [2.05, 4.69) is 5.32 Å². The van der Waals surface area contributed by atoms with E-state index >= 15 is 0 Å². The van der Waals surface area contributed by atoms with E-state index in [4.69, 9.17) is 4.74 Å². The van der Waals surface area contributed by atoms with E-state index in [1.165, 1.54) is 0 Å². The van der Waals surface area contributed by atoms with Crippen LogP contribution in [0.1, 0.15) is 24.8 Å². The number of methoxy groups -OCH3 is 1. The lowest BCUT2D eigenvalue weighted by Crippen LogP contribution is -2.60. The highest BCUT2D eigenvalue weighted by Gasteiger charge is 2.60. The molecule has 1 aliphatic carbocycles. The van der Waals surface area contributed by atoms with E-state index in [1.807, 2.05) is 12.1 Å². The molecule has 1 aliphatic rings. The van der Waals surface area contributed by atoms with Crippen molar-refractivity contribution in [2.45, 2.75) is 37.2 Å². The predicted molar refractivity (Wildman–Crippen MR) is 73.5 cm³/mol. The van der Waals surface area contributed by atoms with Gasteiger partial charge in [0.05, 0.1) is 7.11 Å². The molecule has 1 fully saturated rings. The first-order valence-electron chi connectivity index (χ1n) is 6.90. The molecule has 2 rings (SSSR count). The summed E-state index contributed by atoms with van der Waals surface area (Å²) in [7, 11) is 1.56. The summed E-state index contributed by atoms with van der Waals surface area (Å²) in [5.74, 6) is -4.43. The molecule has 0 aliphatic heterocycles. The van der Waals surface area contributed by atoms with Gasteiger partial charge in [0.25, 0.3) is 5.91 Å². The van der Waals surface area contributed by atoms with Gasteiger partial charge in [-0.25, -0.2) is 0 Å². The summed E-state index contributed by atoms with van der Waals surface area (Å²) in [6.07, 6.45) is 0.882. The summed E-state index contributed by atoms with van der Waals surface area (Å²) in [5, 5.41) is 11.9. The van der Waals surface area contributed by atoms with Crippen LogP contribution in [0.5, 0.6) is 5.75 Å². The maximum Gasteiger partial charge on any atom is 0.352 e. The van der Waals surface area contributed by atoms with Crippen molar-refractivity contribution in [1.82, 2.24) is 5.32 Å². The van der Waals surface area contributed by atoms with E-state index in [1.54, 1.807) is 19.2 Å². The summed E-state index contributed by atoms with van der Waals surface area (Å²) >= 11 is 0. The first-order valence-corrected chi connectivity index (χ1v) is 6.90. The van der Waals surface area contributed by atoms with Crippen LogP contribution in [-0.4, -0.2) is 36.2 Å². The third kappa shape index (κ3) is 3.15. The number of aliphatic hydroxyl groups is 1. The van der Waals surface area contributed by atoms with Crippen molar-refractivity contribution >= 4 is 5.91 Å². The van der Waals surface area contributed by atoms with Gasteiger partial charge in [-0.1, -0.05) is 12.1 Å². The van der Waals surface area contributed by atoms with Crippen molar-refractivity contribution in [2.75, 3.05) is 13.7 Å². The van der Waals surface area contributed by atoms with Gasteiger partial charge < -0.3 is 15.2 Å². The smallest absolute Gasteiger partial charge is 0.352 e. The second-order valence-corrected chi connectivity index (χ2v) is 5.31. The van der Waals surface area contributed by atoms with Crippen molar-refractivity contribution in [3.05, 3.63) is 29.8 Å². The first-order chi connectivity index (χ1) is 9.89. The van der Waals surface area contributed by atoms with Crippen LogP contribution in [0.2, 0.25) is 0 Å². The quantitative estimate of drug-likeness (QED) is 0.843. The average Bonchev–Trinajstić information content (AvgIpc) is 2.45. The third-order valence-corrected chi connectivity index (χ3v) is 3.91. The molecule has 0 saturated heterocycles. The van der Waals surface area contributed by atoms with Gasteiger partial charge >= 0.3 is 5.92 Å². The number of hydrogen-bond donors (Lipinski definition) is 2. The molecule has 0 atom stereocenters. The summed E-state index contributed by atoms with van der Waals surface area (Å²) in [4.78, 5) is 11.6. The fraction of sp³-hybridized carbons (Fsp3) is 0.533. The zero-order valence-electron chi connectivity index (χ0n) is 11.9. The molecule has 0 aromatic heterocycles.